The van der Waals surface area contributed by atoms with Crippen LogP contribution >= 0.6 is 12.6 Å². The zero-order valence-corrected chi connectivity index (χ0v) is 11.3. The van der Waals surface area contributed by atoms with Gasteiger partial charge in [-0.05, 0) is 18.2 Å². The van der Waals surface area contributed by atoms with Crippen molar-refractivity contribution >= 4 is 29.4 Å². The first-order valence-corrected chi connectivity index (χ1v) is 6.75. The maximum Gasteiger partial charge on any atom is 0.233 e. The lowest BCUT2D eigenvalue weighted by molar-refractivity contribution is 0.984. The number of benzene rings is 1. The molecule has 0 aliphatic rings. The number of hydrogen-bond acceptors (Lipinski definition) is 4. The third-order valence-electron chi connectivity index (χ3n) is 3.20. The van der Waals surface area contributed by atoms with E-state index in [9.17, 15) is 0 Å². The van der Waals surface area contributed by atoms with Gasteiger partial charge in [0.25, 0.3) is 0 Å². The Morgan fingerprint density at radius 1 is 1.15 bits per heavy atom. The van der Waals surface area contributed by atoms with Crippen molar-refractivity contribution < 1.29 is 0 Å². The maximum atomic E-state index is 4.63. The van der Waals surface area contributed by atoms with Crippen molar-refractivity contribution in [1.29, 1.82) is 0 Å². The van der Waals surface area contributed by atoms with Crippen molar-refractivity contribution in [3.05, 3.63) is 60.4 Å². The Bertz CT molecular complexity index is 755. The summed E-state index contributed by atoms with van der Waals surface area (Å²) in [4.78, 5) is 16.5. The van der Waals surface area contributed by atoms with Gasteiger partial charge < -0.3 is 4.98 Å². The van der Waals surface area contributed by atoms with E-state index in [2.05, 4.69) is 32.6 Å². The monoisotopic (exact) mass is 281 g/mol. The molecule has 1 aromatic carbocycles. The normalized spacial score (nSPS) is 13.1. The fourth-order valence-electron chi connectivity index (χ4n) is 2.22. The van der Waals surface area contributed by atoms with Crippen molar-refractivity contribution in [3.63, 3.8) is 0 Å². The third kappa shape index (κ3) is 1.77. The number of nitrogens with zero attached hydrogens (tertiary/aromatic N) is 4. The number of fused-ring (bicyclic) bond motifs is 2. The van der Waals surface area contributed by atoms with Crippen molar-refractivity contribution in [2.75, 3.05) is 0 Å². The highest BCUT2D eigenvalue weighted by molar-refractivity contribution is 7.80. The number of imidazole rings is 2. The van der Waals surface area contributed by atoms with Gasteiger partial charge in [-0.3, -0.25) is 4.40 Å². The van der Waals surface area contributed by atoms with Crippen molar-refractivity contribution in [3.8, 4) is 0 Å². The number of nitrogens with one attached hydrogen (secondary N) is 1. The van der Waals surface area contributed by atoms with E-state index in [1.807, 2.05) is 47.1 Å². The van der Waals surface area contributed by atoms with Gasteiger partial charge >= 0.3 is 0 Å². The topological polar surface area (TPSA) is 58.9 Å². The zero-order valence-electron chi connectivity index (χ0n) is 10.4. The Balaban J connectivity index is 1.80. The Labute approximate surface area is 120 Å². The van der Waals surface area contributed by atoms with Crippen molar-refractivity contribution in [2.45, 2.75) is 5.25 Å². The highest BCUT2D eigenvalue weighted by Gasteiger charge is 2.17. The molecule has 0 radical (unpaired) electrons. The number of para-hydroxylation sites is 2. The second-order valence-electron chi connectivity index (χ2n) is 4.53. The molecular formula is C14H11N5S. The Hall–Kier alpha value is -2.34. The number of aromatic nitrogens is 5. The van der Waals surface area contributed by atoms with E-state index < -0.39 is 0 Å². The van der Waals surface area contributed by atoms with Gasteiger partial charge in [-0.1, -0.05) is 12.1 Å². The van der Waals surface area contributed by atoms with E-state index in [-0.39, 0.29) is 5.25 Å². The fourth-order valence-corrected chi connectivity index (χ4v) is 2.47. The predicted molar refractivity (Wildman–Crippen MR) is 79.9 cm³/mol. The maximum absolute atomic E-state index is 4.63. The van der Waals surface area contributed by atoms with Crippen LogP contribution in [0.2, 0.25) is 0 Å². The summed E-state index contributed by atoms with van der Waals surface area (Å²) in [6.07, 6.45) is 5.56. The van der Waals surface area contributed by atoms with Gasteiger partial charge in [0, 0.05) is 18.6 Å². The average molecular weight is 281 g/mol. The van der Waals surface area contributed by atoms with Gasteiger partial charge in [0.1, 0.15) is 11.1 Å². The average Bonchev–Trinajstić information content (AvgIpc) is 3.10. The molecule has 20 heavy (non-hydrogen) atoms. The summed E-state index contributed by atoms with van der Waals surface area (Å²) < 4.78 is 1.88. The van der Waals surface area contributed by atoms with Crippen LogP contribution in [0.25, 0.3) is 16.8 Å². The molecule has 0 saturated carbocycles. The summed E-state index contributed by atoms with van der Waals surface area (Å²) in [5.41, 5.74) is 2.76. The molecule has 0 fully saturated rings. The fraction of sp³-hybridized carbons (Fsp3) is 0.0714. The lowest BCUT2D eigenvalue weighted by Crippen LogP contribution is -1.96. The second-order valence-corrected chi connectivity index (χ2v) is 5.05. The van der Waals surface area contributed by atoms with Gasteiger partial charge in [-0.15, -0.1) is 0 Å². The molecular weight excluding hydrogens is 270 g/mol. The van der Waals surface area contributed by atoms with Crippen LogP contribution in [0.1, 0.15) is 16.8 Å². The number of aromatic amines is 1. The molecule has 4 aromatic rings. The standard InChI is InChI=1S/C14H11N5S/c20-12(11-8-19-7-3-6-15-14(19)18-11)13-16-9-4-1-2-5-10(9)17-13/h1-8,12,20H,(H,16,17). The Morgan fingerprint density at radius 2 is 2.05 bits per heavy atom. The van der Waals surface area contributed by atoms with Crippen molar-refractivity contribution in [2.24, 2.45) is 0 Å². The van der Waals surface area contributed by atoms with Crippen molar-refractivity contribution in [1.82, 2.24) is 24.3 Å². The Kier molecular flexibility index (Phi) is 2.50. The van der Waals surface area contributed by atoms with Crippen LogP contribution in [0.3, 0.4) is 0 Å². The summed E-state index contributed by atoms with van der Waals surface area (Å²) in [5, 5.41) is -0.205. The SMILES string of the molecule is SC(c1cn2cccnc2n1)c1nc2ccccc2[nH]1. The summed E-state index contributed by atoms with van der Waals surface area (Å²) in [5.74, 6) is 1.45. The summed E-state index contributed by atoms with van der Waals surface area (Å²) in [6, 6.07) is 9.79. The van der Waals surface area contributed by atoms with Crippen LogP contribution in [-0.4, -0.2) is 24.3 Å². The van der Waals surface area contributed by atoms with E-state index in [4.69, 9.17) is 0 Å². The number of thiol groups is 1. The number of hydrogen-bond donors (Lipinski definition) is 2. The van der Waals surface area contributed by atoms with Crippen LogP contribution < -0.4 is 0 Å². The molecule has 5 nitrogen and oxygen atoms in total. The van der Waals surface area contributed by atoms with Crippen LogP contribution in [-0.2, 0) is 0 Å². The number of H-pyrrole nitrogens is 1. The minimum atomic E-state index is -0.205. The van der Waals surface area contributed by atoms with Gasteiger partial charge in [-0.2, -0.15) is 12.6 Å². The number of rotatable bonds is 2. The van der Waals surface area contributed by atoms with Gasteiger partial charge in [-0.25, -0.2) is 15.0 Å². The van der Waals surface area contributed by atoms with E-state index in [1.54, 1.807) is 6.20 Å². The highest BCUT2D eigenvalue weighted by Crippen LogP contribution is 2.27. The minimum absolute atomic E-state index is 0.205. The molecule has 0 spiro atoms. The molecule has 1 N–H and O–H groups in total. The summed E-state index contributed by atoms with van der Waals surface area (Å²) >= 11 is 4.63. The molecule has 1 atom stereocenters. The first kappa shape index (κ1) is 11.5. The lowest BCUT2D eigenvalue weighted by atomic mass is 10.3. The van der Waals surface area contributed by atoms with Crippen LogP contribution in [0, 0.1) is 0 Å². The molecule has 0 aliphatic carbocycles. The first-order chi connectivity index (χ1) is 9.81. The summed E-state index contributed by atoms with van der Waals surface area (Å²) in [6.45, 7) is 0. The molecule has 98 valence electrons. The van der Waals surface area contributed by atoms with Crippen LogP contribution in [0.5, 0.6) is 0 Å². The predicted octanol–water partition coefficient (Wildman–Crippen LogP) is 2.62. The smallest absolute Gasteiger partial charge is 0.233 e. The van der Waals surface area contributed by atoms with Gasteiger partial charge in [0.15, 0.2) is 0 Å². The quantitative estimate of drug-likeness (QED) is 0.555. The molecule has 0 amide bonds. The second kappa shape index (κ2) is 4.35. The van der Waals surface area contributed by atoms with E-state index in [1.165, 1.54) is 0 Å². The van der Waals surface area contributed by atoms with E-state index in [0.29, 0.717) is 5.78 Å². The van der Waals surface area contributed by atoms with Crippen LogP contribution in [0.4, 0.5) is 0 Å². The molecule has 3 aromatic heterocycles. The summed E-state index contributed by atoms with van der Waals surface area (Å²) in [7, 11) is 0. The Morgan fingerprint density at radius 3 is 2.90 bits per heavy atom. The van der Waals surface area contributed by atoms with E-state index >= 15 is 0 Å². The highest BCUT2D eigenvalue weighted by atomic mass is 32.1. The lowest BCUT2D eigenvalue weighted by Gasteiger charge is -2.02. The third-order valence-corrected chi connectivity index (χ3v) is 3.71. The van der Waals surface area contributed by atoms with E-state index in [0.717, 1.165) is 22.6 Å². The van der Waals surface area contributed by atoms with Crippen LogP contribution in [0.15, 0.2) is 48.9 Å². The zero-order chi connectivity index (χ0) is 13.5. The molecule has 0 saturated heterocycles. The largest absolute Gasteiger partial charge is 0.341 e. The first-order valence-electron chi connectivity index (χ1n) is 6.23. The minimum Gasteiger partial charge on any atom is -0.341 e. The molecule has 1 unspecified atom stereocenters. The molecule has 6 heteroatoms. The molecule has 0 aliphatic heterocycles. The molecule has 4 rings (SSSR count). The molecule has 0 bridgehead atoms. The molecule has 3 heterocycles. The van der Waals surface area contributed by atoms with Gasteiger partial charge in [0.05, 0.1) is 16.7 Å². The van der Waals surface area contributed by atoms with Gasteiger partial charge in [0.2, 0.25) is 5.78 Å².